The van der Waals surface area contributed by atoms with Crippen LogP contribution in [-0.4, -0.2) is 111 Å². The average molecular weight is 1390 g/mol. The van der Waals surface area contributed by atoms with E-state index in [9.17, 15) is 49.2 Å². The van der Waals surface area contributed by atoms with Gasteiger partial charge in [0.2, 0.25) is 5.78 Å². The van der Waals surface area contributed by atoms with Gasteiger partial charge in [0, 0.05) is 55.0 Å². The van der Waals surface area contributed by atoms with Gasteiger partial charge in [0.1, 0.15) is 6.10 Å². The molecule has 0 bridgehead atoms. The number of aliphatic hydroxyl groups excluding tert-OH is 3. The molecule has 0 heterocycles. The number of hydrogen-bond acceptors (Lipinski definition) is 14. The molecule has 0 aliphatic heterocycles. The molecule has 3 N–H and O–H groups in total. The Morgan fingerprint density at radius 1 is 0.835 bits per heavy atom. The van der Waals surface area contributed by atoms with E-state index in [4.69, 9.17) is 25.8 Å². The number of carboxylic acids is 1. The van der Waals surface area contributed by atoms with E-state index in [0.29, 0.717) is 56.4 Å². The van der Waals surface area contributed by atoms with Gasteiger partial charge in [-0.3, -0.25) is 28.9 Å². The number of allylic oxidation sites excluding steroid dienone is 7. The molecule has 10 rings (SSSR count). The smallest absolute Gasteiger partial charge is 0.545 e. The Morgan fingerprint density at radius 2 is 1.51 bits per heavy atom. The fraction of sp³-hybridized carbons (Fsp3) is 0.650. The number of rotatable bonds is 15. The first-order valence-electron chi connectivity index (χ1n) is 35.1. The van der Waals surface area contributed by atoms with E-state index < -0.39 is 75.9 Å². The van der Waals surface area contributed by atoms with E-state index >= 15 is 0 Å². The van der Waals surface area contributed by atoms with Gasteiger partial charge < -0.3 is 39.4 Å². The van der Waals surface area contributed by atoms with Gasteiger partial charge in [0.25, 0.3) is 0 Å². The van der Waals surface area contributed by atoms with Crippen LogP contribution in [0.4, 0.5) is 0 Å². The van der Waals surface area contributed by atoms with Crippen molar-refractivity contribution in [3.8, 4) is 11.8 Å². The van der Waals surface area contributed by atoms with E-state index in [1.165, 1.54) is 29.3 Å². The third-order valence-corrected chi connectivity index (χ3v) is 25.7. The normalized spacial score (nSPS) is 36.3. The van der Waals surface area contributed by atoms with Crippen molar-refractivity contribution in [1.29, 1.82) is 0 Å². The maximum absolute atomic E-state index is 13.9. The van der Waals surface area contributed by atoms with Gasteiger partial charge in [-0.25, -0.2) is 0 Å². The second-order valence-corrected chi connectivity index (χ2v) is 32.4. The van der Waals surface area contributed by atoms with Crippen LogP contribution in [0.5, 0.6) is 0 Å². The predicted octanol–water partition coefficient (Wildman–Crippen LogP) is 10.7. The Kier molecular flexibility index (Phi) is 26.8. The summed E-state index contributed by atoms with van der Waals surface area (Å²) in [6.45, 7) is 31.2. The zero-order valence-corrected chi connectivity index (χ0v) is 64.6. The van der Waals surface area contributed by atoms with Gasteiger partial charge in [0.15, 0.2) is 18.0 Å². The molecule has 2 aromatic carbocycles. The Hall–Kier alpha value is -4.40. The van der Waals surface area contributed by atoms with Gasteiger partial charge in [-0.2, -0.15) is 0 Å². The maximum atomic E-state index is 13.9. The molecule has 7 saturated carbocycles. The molecule has 18 atom stereocenters. The minimum absolute atomic E-state index is 0. The van der Waals surface area contributed by atoms with E-state index in [1.54, 1.807) is 19.9 Å². The van der Waals surface area contributed by atoms with Gasteiger partial charge in [0.05, 0.1) is 29.2 Å². The topological polar surface area (TPSA) is 217 Å². The number of benzene rings is 2. The van der Waals surface area contributed by atoms with Crippen molar-refractivity contribution in [2.24, 2.45) is 73.9 Å². The van der Waals surface area contributed by atoms with Crippen molar-refractivity contribution >= 4 is 70.2 Å². The van der Waals surface area contributed by atoms with Gasteiger partial charge >= 0.3 is 47.5 Å². The molecule has 0 spiro atoms. The van der Waals surface area contributed by atoms with Crippen molar-refractivity contribution in [2.75, 3.05) is 20.2 Å². The monoisotopic (exact) mass is 1390 g/mol. The third-order valence-electron chi connectivity index (χ3n) is 24.8. The van der Waals surface area contributed by atoms with E-state index in [0.717, 1.165) is 49.9 Å². The summed E-state index contributed by atoms with van der Waals surface area (Å²) in [5.41, 5.74) is 0.487. The summed E-state index contributed by atoms with van der Waals surface area (Å²) < 4.78 is 17.1. The number of carboxylic acid groups (broad SMARTS) is 1. The summed E-state index contributed by atoms with van der Waals surface area (Å²) in [7, 11) is 2.14. The number of carbonyl (C=O) groups is 6. The predicted molar refractivity (Wildman–Crippen MR) is 377 cm³/mol. The van der Waals surface area contributed by atoms with Crippen LogP contribution in [0.2, 0.25) is 0 Å². The summed E-state index contributed by atoms with van der Waals surface area (Å²) in [4.78, 5) is 76.5. The molecule has 17 heteroatoms. The molecule has 8 aliphatic rings. The number of alkyl halides is 1. The number of ether oxygens (including phenoxy) is 3. The van der Waals surface area contributed by atoms with E-state index in [1.807, 2.05) is 52.8 Å². The largest absolute Gasteiger partial charge is 1.00 e. The van der Waals surface area contributed by atoms with Crippen molar-refractivity contribution in [2.45, 2.75) is 235 Å². The standard InChI is InChI=1S/C31H48O6.C28H37ClO7.C21H25N.ClH.Na/c1-17(2)9-8-10-20(28(35)36)26-22-15-24(34)27-29(5)13-12-23(33)18(3)21(29)11-14-30(27,6)31(22,7)16-25(26)37-19(4)32;1-6-23(33)35-15-22(32)28(36-24(34)7-2)16(3)12-20-19-9-8-17-13-18(30)10-11-25(17,4)27(19,29)21(31)14-26(20,28)5;1-21(2,3)15-8-5-9-16-22(4)17-19-13-10-12-18-11-6-7-14-20(18)19;;/h9,18,21-25,27,33-34H,8,10-16H2,1-7H3,(H,35,36);10-11,13,16,19-21,31H,6-9,12,14-15H2,1-5H3;5-7,9-14H,16-17H2,1-4H3;1H;/q;;;;+1/p-1/b26-20-;;9-5+;;/t18-,21-,22-,23+,24+,25-,27-,29-,30-,31-;16-,19-,20-,21-,25-,26-,27-,28-;;;/m00.../s1. The molecule has 0 saturated heterocycles. The molecular weight excluding hydrogens is 1280 g/mol. The number of fused-ring (bicyclic) bond motifs is 11. The van der Waals surface area contributed by atoms with Gasteiger partial charge in [-0.1, -0.05) is 146 Å². The van der Waals surface area contributed by atoms with Crippen molar-refractivity contribution in [1.82, 2.24) is 4.90 Å². The van der Waals surface area contributed by atoms with E-state index in [2.05, 4.69) is 121 Å². The van der Waals surface area contributed by atoms with Crippen LogP contribution in [0.3, 0.4) is 0 Å². The maximum Gasteiger partial charge on any atom is 1.00 e. The molecule has 7 fully saturated rings. The molecule has 8 aliphatic carbocycles. The first kappa shape index (κ1) is 81.6. The minimum atomic E-state index is -1.55. The van der Waals surface area contributed by atoms with Crippen LogP contribution in [0.25, 0.3) is 10.8 Å². The summed E-state index contributed by atoms with van der Waals surface area (Å²) >= 11 is 7.48. The molecule has 528 valence electrons. The number of ketones is 2. The second kappa shape index (κ2) is 31.9. The summed E-state index contributed by atoms with van der Waals surface area (Å²) in [6, 6.07) is 15.1. The number of likely N-dealkylation sites (N-methyl/N-ethyl adjacent to an activating group) is 1. The zero-order chi connectivity index (χ0) is 70.2. The number of nitrogens with zero attached hydrogens (tertiary/aromatic N) is 1. The van der Waals surface area contributed by atoms with Gasteiger partial charge in [-0.05, 0) is 216 Å². The van der Waals surface area contributed by atoms with Crippen LogP contribution >= 0.6 is 24.0 Å². The molecule has 14 nitrogen and oxygen atoms in total. The molecule has 2 aromatic rings. The molecule has 0 unspecified atom stereocenters. The van der Waals surface area contributed by atoms with Crippen molar-refractivity contribution in [3.63, 3.8) is 0 Å². The number of hydrogen-bond donors (Lipinski definition) is 3. The average Bonchev–Trinajstić information content (AvgIpc) is 1.64. The molecule has 0 radical (unpaired) electrons. The minimum Gasteiger partial charge on any atom is -0.545 e. The van der Waals surface area contributed by atoms with Crippen LogP contribution in [0.1, 0.15) is 199 Å². The Bertz CT molecular complexity index is 3480. The first-order chi connectivity index (χ1) is 44.4. The number of esters is 3. The van der Waals surface area contributed by atoms with Crippen molar-refractivity contribution in [3.05, 3.63) is 107 Å². The fourth-order valence-corrected chi connectivity index (χ4v) is 20.6. The Labute approximate surface area is 611 Å². The quantitative estimate of drug-likeness (QED) is 0.0288. The van der Waals surface area contributed by atoms with Gasteiger partial charge in [-0.15, -0.1) is 24.0 Å². The second-order valence-electron chi connectivity index (χ2n) is 31.8. The van der Waals surface area contributed by atoms with Crippen LogP contribution < -0.4 is 34.7 Å². The Balaban J connectivity index is 0.000000235. The van der Waals surface area contributed by atoms with Crippen molar-refractivity contribution < 1.29 is 93.0 Å². The SMILES string of the molecule is CC(=O)O[C@H]1C[C@@]2(C)[C@@H](C[C@@H](O)[C@H]3[C@@]4(C)CC[C@@H](O)[C@@H](C)[C@@H]4CC[C@@]32C)/C1=C(\CCC=C(C)C)C(=O)[O-].CCC(=O)OCC(=O)[C@@]1(OC(=O)CC)[C@@H](C)C[C@H]2[C@@H]3CCC4=CC(=O)C=C[C@]4(C)[C@@]3(Cl)[C@@H](O)C[C@@]21C.CN(C/C=C/C#CC(C)(C)C)Cc1cccc2ccccc12.Cl.[Na+]. The Morgan fingerprint density at radius 3 is 2.14 bits per heavy atom. The summed E-state index contributed by atoms with van der Waals surface area (Å²) in [5.74, 6) is 2.84. The fourth-order valence-electron chi connectivity index (χ4n) is 20.1. The van der Waals surface area contributed by atoms with E-state index in [-0.39, 0.29) is 136 Å². The number of Topliss-reactive ketones (excluding diaryl/α,β-unsaturated/α-hetero) is 1. The summed E-state index contributed by atoms with van der Waals surface area (Å²) in [5, 5.41) is 49.5. The number of aliphatic hydroxyl groups is 3. The molecule has 0 aromatic heterocycles. The van der Waals surface area contributed by atoms with Crippen LogP contribution in [0.15, 0.2) is 101 Å². The number of halogens is 2. The molecular formula is C80H110Cl2NNaO13. The number of carbonyl (C=O) groups excluding carboxylic acids is 6. The van der Waals surface area contributed by atoms with Crippen LogP contribution in [0, 0.1) is 85.8 Å². The zero-order valence-electron chi connectivity index (χ0n) is 61.0. The van der Waals surface area contributed by atoms with Crippen LogP contribution in [-0.2, 0) is 49.5 Å². The number of aliphatic carboxylic acids is 1. The molecule has 97 heavy (non-hydrogen) atoms. The molecule has 0 amide bonds. The third kappa shape index (κ3) is 15.5. The first-order valence-corrected chi connectivity index (χ1v) is 35.5. The summed E-state index contributed by atoms with van der Waals surface area (Å²) in [6.07, 6.45) is 16.2.